The van der Waals surface area contributed by atoms with Gasteiger partial charge in [0.1, 0.15) is 0 Å². The topological polar surface area (TPSA) is 26.3 Å². The molecule has 14 heavy (non-hydrogen) atoms. The monoisotopic (exact) mass is 270 g/mol. The fourth-order valence-electron chi connectivity index (χ4n) is 1.53. The Morgan fingerprint density at radius 2 is 2.00 bits per heavy atom. The van der Waals surface area contributed by atoms with Crippen LogP contribution in [0, 0.1) is 5.41 Å². The molecule has 0 N–H and O–H groups in total. The molecule has 0 aromatic carbocycles. The fraction of sp³-hybridized carbons (Fsp3) is 0.889. The highest BCUT2D eigenvalue weighted by atomic mass is 79.9. The zero-order chi connectivity index (χ0) is 10.8. The molecule has 0 unspecified atom stereocenters. The van der Waals surface area contributed by atoms with Gasteiger partial charge in [-0.25, -0.2) is 0 Å². The van der Waals surface area contributed by atoms with Gasteiger partial charge in [0.25, 0.3) is 0 Å². The SMILES string of the molecule is CC1(CC(=O)C(F)(F)Br)CCOCC1. The molecule has 1 fully saturated rings. The predicted molar refractivity (Wildman–Crippen MR) is 51.7 cm³/mol. The van der Waals surface area contributed by atoms with Crippen LogP contribution in [0.5, 0.6) is 0 Å². The lowest BCUT2D eigenvalue weighted by Crippen LogP contribution is -2.33. The van der Waals surface area contributed by atoms with E-state index in [1.807, 2.05) is 6.92 Å². The summed E-state index contributed by atoms with van der Waals surface area (Å²) in [5.74, 6) is -1.04. The highest BCUT2D eigenvalue weighted by Gasteiger charge is 2.40. The van der Waals surface area contributed by atoms with Crippen molar-refractivity contribution in [3.63, 3.8) is 0 Å². The van der Waals surface area contributed by atoms with E-state index in [1.165, 1.54) is 0 Å². The minimum Gasteiger partial charge on any atom is -0.381 e. The number of Topliss-reactive ketones (excluding diaryl/α,β-unsaturated/α-hetero) is 1. The van der Waals surface area contributed by atoms with Crippen LogP contribution < -0.4 is 0 Å². The second-order valence-corrected chi connectivity index (χ2v) is 5.02. The molecule has 0 spiro atoms. The first-order valence-corrected chi connectivity index (χ1v) is 5.31. The molecule has 0 bridgehead atoms. The number of hydrogen-bond acceptors (Lipinski definition) is 2. The van der Waals surface area contributed by atoms with Gasteiger partial charge in [-0.1, -0.05) is 6.92 Å². The smallest absolute Gasteiger partial charge is 0.358 e. The molecule has 0 radical (unpaired) electrons. The molecule has 1 aliphatic rings. The molecule has 5 heteroatoms. The number of halogens is 3. The van der Waals surface area contributed by atoms with Crippen LogP contribution >= 0.6 is 15.9 Å². The van der Waals surface area contributed by atoms with Gasteiger partial charge >= 0.3 is 4.83 Å². The van der Waals surface area contributed by atoms with E-state index in [0.29, 0.717) is 26.1 Å². The van der Waals surface area contributed by atoms with E-state index in [2.05, 4.69) is 15.9 Å². The molecule has 1 rings (SSSR count). The maximum absolute atomic E-state index is 12.6. The summed E-state index contributed by atoms with van der Waals surface area (Å²) in [6, 6.07) is 0. The minimum absolute atomic E-state index is 0.0887. The van der Waals surface area contributed by atoms with Crippen LogP contribution in [0.15, 0.2) is 0 Å². The Kier molecular flexibility index (Phi) is 3.63. The van der Waals surface area contributed by atoms with Gasteiger partial charge in [-0.05, 0) is 34.2 Å². The average Bonchev–Trinajstić information content (AvgIpc) is 2.02. The Morgan fingerprint density at radius 3 is 2.43 bits per heavy atom. The van der Waals surface area contributed by atoms with Crippen LogP contribution in [-0.4, -0.2) is 23.8 Å². The molecule has 0 saturated carbocycles. The Morgan fingerprint density at radius 1 is 1.50 bits per heavy atom. The first-order chi connectivity index (χ1) is 6.33. The molecular weight excluding hydrogens is 258 g/mol. The Bertz CT molecular complexity index is 219. The molecule has 0 atom stereocenters. The van der Waals surface area contributed by atoms with E-state index in [1.54, 1.807) is 0 Å². The second-order valence-electron chi connectivity index (χ2n) is 4.02. The summed E-state index contributed by atoms with van der Waals surface area (Å²) < 4.78 is 30.3. The minimum atomic E-state index is -3.38. The summed E-state index contributed by atoms with van der Waals surface area (Å²) in [6.45, 7) is 2.96. The summed E-state index contributed by atoms with van der Waals surface area (Å²) in [7, 11) is 0. The zero-order valence-corrected chi connectivity index (χ0v) is 9.57. The summed E-state index contributed by atoms with van der Waals surface area (Å²) in [5, 5.41) is 0. The third-order valence-electron chi connectivity index (χ3n) is 2.60. The van der Waals surface area contributed by atoms with E-state index in [-0.39, 0.29) is 11.8 Å². The number of hydrogen-bond donors (Lipinski definition) is 0. The van der Waals surface area contributed by atoms with E-state index in [4.69, 9.17) is 4.74 Å². The molecule has 1 saturated heterocycles. The van der Waals surface area contributed by atoms with Crippen molar-refractivity contribution in [2.24, 2.45) is 5.41 Å². The maximum Gasteiger partial charge on any atom is 0.358 e. The van der Waals surface area contributed by atoms with Crippen LogP contribution in [0.4, 0.5) is 8.78 Å². The van der Waals surface area contributed by atoms with Gasteiger partial charge in [-0.15, -0.1) is 0 Å². The van der Waals surface area contributed by atoms with Gasteiger partial charge in [0.05, 0.1) is 0 Å². The van der Waals surface area contributed by atoms with Gasteiger partial charge in [0, 0.05) is 19.6 Å². The molecular formula is C9H13BrF2O2. The highest BCUT2D eigenvalue weighted by Crippen LogP contribution is 2.37. The van der Waals surface area contributed by atoms with Crippen molar-refractivity contribution in [2.45, 2.75) is 31.0 Å². The normalized spacial score (nSPS) is 22.0. The number of ketones is 1. The molecule has 0 aromatic heterocycles. The van der Waals surface area contributed by atoms with Gasteiger partial charge < -0.3 is 4.74 Å². The van der Waals surface area contributed by atoms with Gasteiger partial charge in [-0.2, -0.15) is 8.78 Å². The quantitative estimate of drug-likeness (QED) is 0.738. The average molecular weight is 271 g/mol. The standard InChI is InChI=1S/C9H13BrF2O2/c1-8(2-4-14-5-3-8)6-7(13)9(10,11)12/h2-6H2,1H3. The van der Waals surface area contributed by atoms with E-state index < -0.39 is 10.6 Å². The molecule has 0 amide bonds. The number of carbonyl (C=O) groups is 1. The lowest BCUT2D eigenvalue weighted by Gasteiger charge is -2.33. The zero-order valence-electron chi connectivity index (χ0n) is 7.99. The molecule has 2 nitrogen and oxygen atoms in total. The molecule has 1 aliphatic heterocycles. The van der Waals surface area contributed by atoms with Crippen molar-refractivity contribution in [1.29, 1.82) is 0 Å². The Hall–Kier alpha value is -0.0300. The van der Waals surface area contributed by atoms with Crippen LogP contribution in [-0.2, 0) is 9.53 Å². The number of alkyl halides is 3. The summed E-state index contributed by atoms with van der Waals surface area (Å²) >= 11 is 2.08. The van der Waals surface area contributed by atoms with E-state index in [9.17, 15) is 13.6 Å². The number of rotatable bonds is 3. The van der Waals surface area contributed by atoms with Crippen LogP contribution in [0.3, 0.4) is 0 Å². The highest BCUT2D eigenvalue weighted by molar-refractivity contribution is 9.10. The second kappa shape index (κ2) is 4.23. The summed E-state index contributed by atoms with van der Waals surface area (Å²) in [5.41, 5.74) is -0.327. The predicted octanol–water partition coefficient (Wildman–Crippen LogP) is 2.75. The van der Waals surface area contributed by atoms with Gasteiger partial charge in [0.2, 0.25) is 5.78 Å². The third kappa shape index (κ3) is 3.28. The van der Waals surface area contributed by atoms with Gasteiger partial charge in [-0.3, -0.25) is 4.79 Å². The molecule has 82 valence electrons. The van der Waals surface area contributed by atoms with Crippen LogP contribution in [0.1, 0.15) is 26.2 Å². The molecule has 0 aliphatic carbocycles. The lowest BCUT2D eigenvalue weighted by molar-refractivity contribution is -0.135. The summed E-state index contributed by atoms with van der Waals surface area (Å²) in [4.78, 5) is 7.72. The first-order valence-electron chi connectivity index (χ1n) is 4.51. The van der Waals surface area contributed by atoms with E-state index in [0.717, 1.165) is 0 Å². The van der Waals surface area contributed by atoms with Crippen LogP contribution in [0.2, 0.25) is 0 Å². The van der Waals surface area contributed by atoms with E-state index >= 15 is 0 Å². The fourth-order valence-corrected chi connectivity index (χ4v) is 1.67. The van der Waals surface area contributed by atoms with Gasteiger partial charge in [0.15, 0.2) is 0 Å². The van der Waals surface area contributed by atoms with Crippen LogP contribution in [0.25, 0.3) is 0 Å². The number of carbonyl (C=O) groups excluding carboxylic acids is 1. The third-order valence-corrected chi connectivity index (χ3v) is 3.05. The van der Waals surface area contributed by atoms with Crippen molar-refractivity contribution in [1.82, 2.24) is 0 Å². The number of ether oxygens (including phenoxy) is 1. The summed E-state index contributed by atoms with van der Waals surface area (Å²) in [6.07, 6.45) is 1.25. The largest absolute Gasteiger partial charge is 0.381 e. The maximum atomic E-state index is 12.6. The Balaban J connectivity index is 2.54. The molecule has 1 heterocycles. The van der Waals surface area contributed by atoms with Crippen molar-refractivity contribution in [3.8, 4) is 0 Å². The van der Waals surface area contributed by atoms with Crippen molar-refractivity contribution in [2.75, 3.05) is 13.2 Å². The van der Waals surface area contributed by atoms with Crippen molar-refractivity contribution < 1.29 is 18.3 Å². The molecule has 0 aromatic rings. The van der Waals surface area contributed by atoms with Crippen molar-refractivity contribution in [3.05, 3.63) is 0 Å². The van der Waals surface area contributed by atoms with Crippen molar-refractivity contribution >= 4 is 21.7 Å². The Labute approximate surface area is 90.1 Å². The lowest BCUT2D eigenvalue weighted by atomic mass is 9.78. The first kappa shape index (κ1) is 12.0.